The summed E-state index contributed by atoms with van der Waals surface area (Å²) in [6.07, 6.45) is -3.41. The second-order valence-electron chi connectivity index (χ2n) is 9.34. The smallest absolute Gasteiger partial charge is 0.461 e. The fourth-order valence-corrected chi connectivity index (χ4v) is 4.60. The van der Waals surface area contributed by atoms with Crippen molar-refractivity contribution in [1.29, 1.82) is 0 Å². The summed E-state index contributed by atoms with van der Waals surface area (Å²) in [4.78, 5) is 40.1. The number of hydrogen-bond donors (Lipinski definition) is 1. The lowest BCUT2D eigenvalue weighted by Crippen LogP contribution is -2.53. The molecule has 38 heavy (non-hydrogen) atoms. The van der Waals surface area contributed by atoms with Gasteiger partial charge in [-0.1, -0.05) is 60.7 Å². The fraction of sp³-hybridized carbons (Fsp3) is 0.464. The number of hydrogen-bond acceptors (Lipinski definition) is 5. The molecule has 0 bridgehead atoms. The Morgan fingerprint density at radius 1 is 1.05 bits per heavy atom. The van der Waals surface area contributed by atoms with Crippen LogP contribution in [-0.2, 0) is 32.1 Å². The lowest BCUT2D eigenvalue weighted by Gasteiger charge is -2.33. The molecular formula is C28H34F3N3O4. The zero-order valence-corrected chi connectivity index (χ0v) is 21.5. The van der Waals surface area contributed by atoms with E-state index in [1.165, 1.54) is 4.90 Å². The molecule has 1 saturated heterocycles. The molecule has 1 N–H and O–H groups in total. The van der Waals surface area contributed by atoms with Gasteiger partial charge in [0, 0.05) is 32.1 Å². The van der Waals surface area contributed by atoms with E-state index in [1.807, 2.05) is 36.4 Å². The average molecular weight is 534 g/mol. The second kappa shape index (κ2) is 13.9. The van der Waals surface area contributed by atoms with Gasteiger partial charge in [0.25, 0.3) is 0 Å². The van der Waals surface area contributed by atoms with E-state index in [2.05, 4.69) is 5.32 Å². The Morgan fingerprint density at radius 2 is 1.68 bits per heavy atom. The second-order valence-corrected chi connectivity index (χ2v) is 9.34. The summed E-state index contributed by atoms with van der Waals surface area (Å²) in [5.41, 5.74) is 1.67. The van der Waals surface area contributed by atoms with Crippen LogP contribution in [0.4, 0.5) is 13.2 Å². The van der Waals surface area contributed by atoms with Gasteiger partial charge in [-0.15, -0.1) is 0 Å². The number of benzene rings is 2. The number of likely N-dealkylation sites (tertiary alicyclic amines) is 1. The molecule has 0 aliphatic carbocycles. The van der Waals surface area contributed by atoms with E-state index in [9.17, 15) is 27.6 Å². The number of alkyl halides is 3. The molecule has 0 spiro atoms. The van der Waals surface area contributed by atoms with Gasteiger partial charge in [-0.25, -0.2) is 0 Å². The average Bonchev–Trinajstić information content (AvgIpc) is 3.38. The molecular weight excluding hydrogens is 499 g/mol. The first-order valence-electron chi connectivity index (χ1n) is 12.8. The van der Waals surface area contributed by atoms with Gasteiger partial charge in [0.05, 0.1) is 6.04 Å². The van der Waals surface area contributed by atoms with Crippen LogP contribution in [0.25, 0.3) is 0 Å². The number of amides is 2. The standard InChI is InChI=1S/C28H34F3N3O4/c1-32-24(14-15-25(35)38-20-22-11-6-3-7-12-22)26(36)34-17-8-13-23(34)19-33(27(37)28(29,30)31)18-16-21-9-4-2-5-10-21/h2-7,9-12,23-24,32H,8,13-20H2,1H3/t23-,24-/m0/s1. The van der Waals surface area contributed by atoms with E-state index in [0.29, 0.717) is 19.4 Å². The van der Waals surface area contributed by atoms with E-state index in [-0.39, 0.29) is 44.9 Å². The molecule has 3 rings (SSSR count). The summed E-state index contributed by atoms with van der Waals surface area (Å²) in [7, 11) is 1.60. The van der Waals surface area contributed by atoms with Crippen molar-refractivity contribution in [3.8, 4) is 0 Å². The van der Waals surface area contributed by atoms with Crippen LogP contribution in [0.1, 0.15) is 36.8 Å². The Balaban J connectivity index is 1.58. The quantitative estimate of drug-likeness (QED) is 0.421. The SMILES string of the molecule is CN[C@@H](CCC(=O)OCc1ccccc1)C(=O)N1CCC[C@H]1CN(CCc1ccccc1)C(=O)C(F)(F)F. The van der Waals surface area contributed by atoms with E-state index in [0.717, 1.165) is 16.0 Å². The molecule has 2 amide bonds. The molecule has 2 aromatic carbocycles. The van der Waals surface area contributed by atoms with Crippen LogP contribution in [0.5, 0.6) is 0 Å². The fourth-order valence-electron chi connectivity index (χ4n) is 4.60. The van der Waals surface area contributed by atoms with Crippen molar-refractivity contribution in [2.45, 2.75) is 57.0 Å². The number of halogens is 3. The van der Waals surface area contributed by atoms with Gasteiger partial charge >= 0.3 is 18.1 Å². The first-order valence-corrected chi connectivity index (χ1v) is 12.8. The lowest BCUT2D eigenvalue weighted by atomic mass is 10.1. The van der Waals surface area contributed by atoms with Crippen LogP contribution in [-0.4, -0.2) is 72.5 Å². The van der Waals surface area contributed by atoms with E-state index in [4.69, 9.17) is 4.74 Å². The number of nitrogens with one attached hydrogen (secondary N) is 1. The number of nitrogens with zero attached hydrogens (tertiary/aromatic N) is 2. The third-order valence-electron chi connectivity index (χ3n) is 6.66. The summed E-state index contributed by atoms with van der Waals surface area (Å²) in [5, 5.41) is 2.92. The van der Waals surface area contributed by atoms with Crippen LogP contribution in [0.2, 0.25) is 0 Å². The lowest BCUT2D eigenvalue weighted by molar-refractivity contribution is -0.186. The van der Waals surface area contributed by atoms with Crippen molar-refractivity contribution in [2.24, 2.45) is 0 Å². The summed E-state index contributed by atoms with van der Waals surface area (Å²) in [6.45, 7) is 0.209. The Bertz CT molecular complexity index is 1050. The highest BCUT2D eigenvalue weighted by Gasteiger charge is 2.44. The molecule has 1 aliphatic heterocycles. The summed E-state index contributed by atoms with van der Waals surface area (Å²) >= 11 is 0. The Kier molecular flexibility index (Phi) is 10.7. The zero-order valence-electron chi connectivity index (χ0n) is 21.5. The molecule has 0 unspecified atom stereocenters. The highest BCUT2D eigenvalue weighted by atomic mass is 19.4. The molecule has 0 aromatic heterocycles. The summed E-state index contributed by atoms with van der Waals surface area (Å²) in [5.74, 6) is -2.64. The third kappa shape index (κ3) is 8.58. The molecule has 10 heteroatoms. The monoisotopic (exact) mass is 533 g/mol. The predicted octanol–water partition coefficient (Wildman–Crippen LogP) is 3.72. The maximum atomic E-state index is 13.4. The first kappa shape index (κ1) is 29.2. The molecule has 7 nitrogen and oxygen atoms in total. The zero-order chi connectivity index (χ0) is 27.5. The van der Waals surface area contributed by atoms with E-state index >= 15 is 0 Å². The van der Waals surface area contributed by atoms with Crippen molar-refractivity contribution >= 4 is 17.8 Å². The molecule has 206 valence electrons. The minimum absolute atomic E-state index is 0.0122. The molecule has 1 heterocycles. The van der Waals surface area contributed by atoms with Gasteiger partial charge in [-0.3, -0.25) is 14.4 Å². The molecule has 0 radical (unpaired) electrons. The number of likely N-dealkylation sites (N-methyl/N-ethyl adjacent to an activating group) is 1. The number of carbonyl (C=O) groups is 3. The van der Waals surface area contributed by atoms with Crippen LogP contribution in [0, 0.1) is 0 Å². The molecule has 0 saturated carbocycles. The summed E-state index contributed by atoms with van der Waals surface area (Å²) in [6, 6.07) is 17.0. The molecule has 1 aliphatic rings. The minimum Gasteiger partial charge on any atom is -0.461 e. The highest BCUT2D eigenvalue weighted by molar-refractivity contribution is 5.84. The summed E-state index contributed by atoms with van der Waals surface area (Å²) < 4.78 is 45.4. The molecule has 1 fully saturated rings. The first-order chi connectivity index (χ1) is 18.2. The Labute approximate surface area is 220 Å². The number of rotatable bonds is 12. The van der Waals surface area contributed by atoms with Gasteiger partial charge in [-0.05, 0) is 43.9 Å². The van der Waals surface area contributed by atoms with Crippen LogP contribution < -0.4 is 5.32 Å². The Hall–Kier alpha value is -3.40. The number of carbonyl (C=O) groups excluding carboxylic acids is 3. The molecule has 2 atom stereocenters. The van der Waals surface area contributed by atoms with E-state index in [1.54, 1.807) is 31.3 Å². The Morgan fingerprint density at radius 3 is 2.29 bits per heavy atom. The highest BCUT2D eigenvalue weighted by Crippen LogP contribution is 2.24. The van der Waals surface area contributed by atoms with Crippen molar-refractivity contribution in [2.75, 3.05) is 26.7 Å². The van der Waals surface area contributed by atoms with Crippen molar-refractivity contribution in [3.05, 3.63) is 71.8 Å². The van der Waals surface area contributed by atoms with Crippen molar-refractivity contribution in [1.82, 2.24) is 15.1 Å². The number of ether oxygens (including phenoxy) is 1. The third-order valence-corrected chi connectivity index (χ3v) is 6.66. The largest absolute Gasteiger partial charge is 0.471 e. The van der Waals surface area contributed by atoms with Gasteiger partial charge in [0.1, 0.15) is 6.61 Å². The molecule has 2 aromatic rings. The minimum atomic E-state index is -5.00. The van der Waals surface area contributed by atoms with Gasteiger partial charge in [0.2, 0.25) is 5.91 Å². The van der Waals surface area contributed by atoms with Crippen LogP contribution >= 0.6 is 0 Å². The maximum absolute atomic E-state index is 13.4. The maximum Gasteiger partial charge on any atom is 0.471 e. The van der Waals surface area contributed by atoms with E-state index < -0.39 is 30.1 Å². The topological polar surface area (TPSA) is 79.0 Å². The van der Waals surface area contributed by atoms with Gasteiger partial charge < -0.3 is 19.9 Å². The van der Waals surface area contributed by atoms with Gasteiger partial charge in [-0.2, -0.15) is 13.2 Å². The van der Waals surface area contributed by atoms with Crippen molar-refractivity contribution in [3.63, 3.8) is 0 Å². The number of esters is 1. The normalized spacial score (nSPS) is 16.2. The van der Waals surface area contributed by atoms with Crippen LogP contribution in [0.15, 0.2) is 60.7 Å². The van der Waals surface area contributed by atoms with Gasteiger partial charge in [0.15, 0.2) is 0 Å². The van der Waals surface area contributed by atoms with Crippen LogP contribution in [0.3, 0.4) is 0 Å². The predicted molar refractivity (Wildman–Crippen MR) is 136 cm³/mol. The van der Waals surface area contributed by atoms with Crippen molar-refractivity contribution < 1.29 is 32.3 Å².